The zero-order chi connectivity index (χ0) is 24.9. The average Bonchev–Trinajstić information content (AvgIpc) is 2.70. The summed E-state index contributed by atoms with van der Waals surface area (Å²) in [5.74, 6) is -0.741. The summed E-state index contributed by atoms with van der Waals surface area (Å²) in [5.41, 5.74) is 4.27. The lowest BCUT2D eigenvalue weighted by Crippen LogP contribution is -2.52. The lowest BCUT2D eigenvalue weighted by Gasteiger charge is -2.32. The van der Waals surface area contributed by atoms with E-state index in [0.717, 1.165) is 32.8 Å². The van der Waals surface area contributed by atoms with Gasteiger partial charge in [0.25, 0.3) is 0 Å². The van der Waals surface area contributed by atoms with Gasteiger partial charge in [0.15, 0.2) is 0 Å². The molecule has 1 atom stereocenters. The maximum Gasteiger partial charge on any atom is 0.244 e. The molecule has 0 bridgehead atoms. The number of rotatable bonds is 9. The van der Waals surface area contributed by atoms with Crippen LogP contribution in [0, 0.1) is 20.8 Å². The second-order valence-corrected chi connectivity index (χ2v) is 10.8. The van der Waals surface area contributed by atoms with Crippen molar-refractivity contribution in [2.75, 3.05) is 17.1 Å². The van der Waals surface area contributed by atoms with Crippen LogP contribution in [0.2, 0.25) is 0 Å². The summed E-state index contributed by atoms with van der Waals surface area (Å²) in [7, 11) is -3.74. The van der Waals surface area contributed by atoms with Gasteiger partial charge in [-0.3, -0.25) is 13.9 Å². The highest BCUT2D eigenvalue weighted by Crippen LogP contribution is 2.22. The first-order valence-corrected chi connectivity index (χ1v) is 12.8. The first kappa shape index (κ1) is 26.4. The molecule has 2 aromatic rings. The van der Waals surface area contributed by atoms with Crippen molar-refractivity contribution in [3.05, 3.63) is 64.7 Å². The van der Waals surface area contributed by atoms with Gasteiger partial charge in [0.05, 0.1) is 11.9 Å². The van der Waals surface area contributed by atoms with Gasteiger partial charge in [-0.05, 0) is 70.4 Å². The van der Waals surface area contributed by atoms with Crippen LogP contribution in [-0.4, -0.2) is 50.0 Å². The summed E-state index contributed by atoms with van der Waals surface area (Å²) in [6, 6.07) is 12.1. The van der Waals surface area contributed by atoms with Crippen LogP contribution in [0.5, 0.6) is 0 Å². The predicted octanol–water partition coefficient (Wildman–Crippen LogP) is 3.32. The second kappa shape index (κ2) is 10.8. The van der Waals surface area contributed by atoms with Gasteiger partial charge in [0.2, 0.25) is 21.8 Å². The van der Waals surface area contributed by atoms with Crippen LogP contribution in [0.15, 0.2) is 42.5 Å². The maximum absolute atomic E-state index is 13.5. The number of hydrogen-bond acceptors (Lipinski definition) is 4. The summed E-state index contributed by atoms with van der Waals surface area (Å²) in [6.45, 7) is 10.9. The number of nitrogens with zero attached hydrogens (tertiary/aromatic N) is 2. The molecule has 7 nitrogen and oxygen atoms in total. The molecule has 0 aliphatic carbocycles. The summed E-state index contributed by atoms with van der Waals surface area (Å²) >= 11 is 0. The van der Waals surface area contributed by atoms with Crippen molar-refractivity contribution in [2.24, 2.45) is 0 Å². The van der Waals surface area contributed by atoms with E-state index in [1.54, 1.807) is 19.1 Å². The van der Waals surface area contributed by atoms with Gasteiger partial charge in [0.1, 0.15) is 12.6 Å². The van der Waals surface area contributed by atoms with Gasteiger partial charge in [0, 0.05) is 12.6 Å². The molecule has 2 amide bonds. The molecule has 2 aromatic carbocycles. The fourth-order valence-corrected chi connectivity index (χ4v) is 4.33. The minimum atomic E-state index is -3.74. The molecule has 1 unspecified atom stereocenters. The topological polar surface area (TPSA) is 86.8 Å². The zero-order valence-corrected chi connectivity index (χ0v) is 21.4. The number of sulfonamides is 1. The third-order valence-corrected chi connectivity index (χ3v) is 6.63. The smallest absolute Gasteiger partial charge is 0.244 e. The fraction of sp³-hybridized carbons (Fsp3) is 0.440. The number of benzene rings is 2. The minimum absolute atomic E-state index is 0.0843. The Balaban J connectivity index is 2.41. The molecule has 33 heavy (non-hydrogen) atoms. The van der Waals surface area contributed by atoms with Crippen LogP contribution < -0.4 is 9.62 Å². The Hall–Kier alpha value is -2.87. The number of hydrogen-bond donors (Lipinski definition) is 1. The third-order valence-electron chi connectivity index (χ3n) is 5.49. The highest BCUT2D eigenvalue weighted by Gasteiger charge is 2.30. The van der Waals surface area contributed by atoms with Crippen LogP contribution in [0.3, 0.4) is 0 Å². The van der Waals surface area contributed by atoms with E-state index in [0.29, 0.717) is 5.69 Å². The predicted molar refractivity (Wildman–Crippen MR) is 133 cm³/mol. The molecule has 0 aliphatic rings. The molecular formula is C25H35N3O4S. The number of anilines is 1. The minimum Gasteiger partial charge on any atom is -0.352 e. The van der Waals surface area contributed by atoms with E-state index in [2.05, 4.69) is 5.32 Å². The molecule has 0 aromatic heterocycles. The van der Waals surface area contributed by atoms with Crippen molar-refractivity contribution < 1.29 is 18.0 Å². The molecule has 0 heterocycles. The van der Waals surface area contributed by atoms with Gasteiger partial charge < -0.3 is 10.2 Å². The van der Waals surface area contributed by atoms with Gasteiger partial charge in [-0.1, -0.05) is 35.9 Å². The van der Waals surface area contributed by atoms with Crippen LogP contribution in [0.4, 0.5) is 5.69 Å². The van der Waals surface area contributed by atoms with Crippen molar-refractivity contribution in [3.8, 4) is 0 Å². The lowest BCUT2D eigenvalue weighted by molar-refractivity contribution is -0.139. The van der Waals surface area contributed by atoms with E-state index in [1.807, 2.05) is 65.0 Å². The molecule has 2 rings (SSSR count). The molecule has 180 valence electrons. The largest absolute Gasteiger partial charge is 0.352 e. The van der Waals surface area contributed by atoms with Crippen molar-refractivity contribution >= 4 is 27.5 Å². The van der Waals surface area contributed by atoms with E-state index in [4.69, 9.17) is 0 Å². The Kier molecular flexibility index (Phi) is 8.66. The first-order chi connectivity index (χ1) is 15.3. The number of carbonyl (C=O) groups is 2. The van der Waals surface area contributed by atoms with Gasteiger partial charge in [-0.25, -0.2) is 8.42 Å². The van der Waals surface area contributed by atoms with Crippen molar-refractivity contribution in [1.29, 1.82) is 0 Å². The van der Waals surface area contributed by atoms with E-state index in [-0.39, 0.29) is 18.5 Å². The summed E-state index contributed by atoms with van der Waals surface area (Å²) in [5, 5.41) is 2.84. The normalized spacial score (nSPS) is 12.4. The molecule has 0 spiro atoms. The quantitative estimate of drug-likeness (QED) is 0.605. The van der Waals surface area contributed by atoms with E-state index >= 15 is 0 Å². The van der Waals surface area contributed by atoms with E-state index in [9.17, 15) is 18.0 Å². The Morgan fingerprint density at radius 3 is 2.18 bits per heavy atom. The van der Waals surface area contributed by atoms with E-state index in [1.165, 1.54) is 4.90 Å². The highest BCUT2D eigenvalue weighted by atomic mass is 32.2. The van der Waals surface area contributed by atoms with E-state index < -0.39 is 28.5 Å². The van der Waals surface area contributed by atoms with Crippen LogP contribution >= 0.6 is 0 Å². The Labute approximate surface area is 197 Å². The molecule has 0 radical (unpaired) electrons. The number of amides is 2. The molecular weight excluding hydrogens is 438 g/mol. The third kappa shape index (κ3) is 7.32. The zero-order valence-electron chi connectivity index (χ0n) is 20.5. The van der Waals surface area contributed by atoms with Crippen molar-refractivity contribution in [1.82, 2.24) is 10.2 Å². The Morgan fingerprint density at radius 2 is 1.64 bits per heavy atom. The lowest BCUT2D eigenvalue weighted by atomic mass is 10.1. The SMILES string of the molecule is Cc1cccc(CN(C(=O)CN(c2ccc(C)c(C)c2)S(C)(=O)=O)C(C)C(=O)NC(C)C)c1. The average molecular weight is 474 g/mol. The number of nitrogens with one attached hydrogen (secondary N) is 1. The summed E-state index contributed by atoms with van der Waals surface area (Å²) in [6.07, 6.45) is 1.08. The molecule has 1 N–H and O–H groups in total. The molecule has 0 saturated heterocycles. The van der Waals surface area contributed by atoms with Gasteiger partial charge in [-0.15, -0.1) is 0 Å². The second-order valence-electron chi connectivity index (χ2n) is 8.89. The number of aryl methyl sites for hydroxylation is 3. The van der Waals surface area contributed by atoms with Crippen LogP contribution in [0.1, 0.15) is 43.0 Å². The molecule has 0 fully saturated rings. The number of carbonyl (C=O) groups excluding carboxylic acids is 2. The first-order valence-electron chi connectivity index (χ1n) is 11.0. The van der Waals surface area contributed by atoms with Crippen molar-refractivity contribution in [2.45, 2.75) is 60.2 Å². The standard InChI is InChI=1S/C25H35N3O4S/c1-17(2)26-25(30)21(6)27(15-22-10-8-9-18(3)13-22)24(29)16-28(33(7,31)32)23-12-11-19(4)20(5)14-23/h8-14,17,21H,15-16H2,1-7H3,(H,26,30). The summed E-state index contributed by atoms with van der Waals surface area (Å²) < 4.78 is 26.3. The Bertz CT molecular complexity index is 1110. The van der Waals surface area contributed by atoms with Crippen LogP contribution in [0.25, 0.3) is 0 Å². The fourth-order valence-electron chi connectivity index (χ4n) is 3.49. The van der Waals surface area contributed by atoms with Gasteiger partial charge >= 0.3 is 0 Å². The van der Waals surface area contributed by atoms with Gasteiger partial charge in [-0.2, -0.15) is 0 Å². The molecule has 0 aliphatic heterocycles. The highest BCUT2D eigenvalue weighted by molar-refractivity contribution is 7.92. The molecule has 8 heteroatoms. The summed E-state index contributed by atoms with van der Waals surface area (Å²) in [4.78, 5) is 27.7. The molecule has 0 saturated carbocycles. The van der Waals surface area contributed by atoms with Crippen molar-refractivity contribution in [3.63, 3.8) is 0 Å². The Morgan fingerprint density at radius 1 is 0.970 bits per heavy atom. The van der Waals surface area contributed by atoms with Crippen LogP contribution in [-0.2, 0) is 26.2 Å². The monoisotopic (exact) mass is 473 g/mol. The maximum atomic E-state index is 13.5.